The molecule has 0 aliphatic carbocycles. The third-order valence-electron chi connectivity index (χ3n) is 1.09. The van der Waals surface area contributed by atoms with Crippen LogP contribution in [0.3, 0.4) is 0 Å². The molecule has 10 heavy (non-hydrogen) atoms. The molecule has 0 aliphatic heterocycles. The fraction of sp³-hybridized carbons (Fsp3) is 0. The number of rotatable bonds is 1. The van der Waals surface area contributed by atoms with E-state index < -0.39 is 0 Å². The highest BCUT2D eigenvalue weighted by Gasteiger charge is 1.97. The Balaban J connectivity index is 3.19. The van der Waals surface area contributed by atoms with Gasteiger partial charge in [-0.2, -0.15) is 0 Å². The molecule has 0 bridgehead atoms. The smallest absolute Gasteiger partial charge is 0.151 e. The van der Waals surface area contributed by atoms with Crippen molar-refractivity contribution < 1.29 is 4.79 Å². The molecular weight excluding hydrogens is 173 g/mol. The lowest BCUT2D eigenvalue weighted by molar-refractivity contribution is 0.112. The first-order valence-corrected chi connectivity index (χ1v) is 3.40. The van der Waals surface area contributed by atoms with Gasteiger partial charge in [0, 0.05) is 10.6 Å². The van der Waals surface area contributed by atoms with Crippen LogP contribution in [-0.4, -0.2) is 6.29 Å². The summed E-state index contributed by atoms with van der Waals surface area (Å²) >= 11 is 11.2. The van der Waals surface area contributed by atoms with Crippen LogP contribution in [0.25, 0.3) is 0 Å². The van der Waals surface area contributed by atoms with E-state index in [1.54, 1.807) is 12.1 Å². The zero-order chi connectivity index (χ0) is 7.56. The minimum Gasteiger partial charge on any atom is -0.298 e. The van der Waals surface area contributed by atoms with Gasteiger partial charge in [0.25, 0.3) is 0 Å². The van der Waals surface area contributed by atoms with Crippen LogP contribution in [0.15, 0.2) is 18.2 Å². The molecule has 0 fully saturated rings. The van der Waals surface area contributed by atoms with Crippen molar-refractivity contribution in [1.29, 1.82) is 0 Å². The molecule has 0 unspecified atom stereocenters. The Labute approximate surface area is 68.6 Å². The van der Waals surface area contributed by atoms with E-state index in [0.29, 0.717) is 21.9 Å². The predicted molar refractivity (Wildman–Crippen MR) is 41.8 cm³/mol. The lowest BCUT2D eigenvalue weighted by Gasteiger charge is -1.93. The quantitative estimate of drug-likeness (QED) is 0.602. The molecule has 0 radical (unpaired) electrons. The number of carbonyl (C=O) groups excluding carboxylic acids is 1. The SMILES string of the molecule is O=[14CH]c1ccc(Cl)cc1Cl. The van der Waals surface area contributed by atoms with Gasteiger partial charge in [-0.25, -0.2) is 0 Å². The molecule has 0 aromatic heterocycles. The molecule has 0 N–H and O–H groups in total. The van der Waals surface area contributed by atoms with Gasteiger partial charge < -0.3 is 0 Å². The molecule has 0 atom stereocenters. The maximum atomic E-state index is 10.2. The van der Waals surface area contributed by atoms with Crippen molar-refractivity contribution in [2.75, 3.05) is 0 Å². The minimum absolute atomic E-state index is 0.391. The van der Waals surface area contributed by atoms with Crippen LogP contribution in [0.4, 0.5) is 0 Å². The molecule has 1 nitrogen and oxygen atoms in total. The average Bonchev–Trinajstić information content (AvgIpc) is 1.88. The molecule has 1 aromatic carbocycles. The summed E-state index contributed by atoms with van der Waals surface area (Å²) in [4.78, 5) is 10.2. The van der Waals surface area contributed by atoms with Crippen molar-refractivity contribution >= 4 is 29.5 Å². The zero-order valence-electron chi connectivity index (χ0n) is 4.97. The first-order chi connectivity index (χ1) is 4.74. The van der Waals surface area contributed by atoms with E-state index in [-0.39, 0.29) is 0 Å². The monoisotopic (exact) mass is 176 g/mol. The second-order valence-corrected chi connectivity index (χ2v) is 2.63. The van der Waals surface area contributed by atoms with E-state index in [4.69, 9.17) is 23.2 Å². The largest absolute Gasteiger partial charge is 0.298 e. The Kier molecular flexibility index (Phi) is 2.30. The van der Waals surface area contributed by atoms with Crippen LogP contribution in [0.1, 0.15) is 10.4 Å². The second kappa shape index (κ2) is 3.04. The van der Waals surface area contributed by atoms with Crippen LogP contribution in [0, 0.1) is 0 Å². The Morgan fingerprint density at radius 3 is 2.50 bits per heavy atom. The van der Waals surface area contributed by atoms with E-state index in [9.17, 15) is 4.79 Å². The third kappa shape index (κ3) is 1.49. The number of aldehydes is 1. The van der Waals surface area contributed by atoms with E-state index >= 15 is 0 Å². The number of benzene rings is 1. The van der Waals surface area contributed by atoms with Gasteiger partial charge in [-0.05, 0) is 18.2 Å². The minimum atomic E-state index is 0.391. The van der Waals surface area contributed by atoms with Crippen LogP contribution < -0.4 is 0 Å². The van der Waals surface area contributed by atoms with Crippen LogP contribution in [0.5, 0.6) is 0 Å². The lowest BCUT2D eigenvalue weighted by Crippen LogP contribution is -1.79. The van der Waals surface area contributed by atoms with Crippen LogP contribution in [-0.2, 0) is 0 Å². The molecule has 0 amide bonds. The molecule has 0 saturated heterocycles. The molecule has 0 spiro atoms. The Bertz CT molecular complexity index is 258. The Morgan fingerprint density at radius 1 is 1.30 bits per heavy atom. The summed E-state index contributed by atoms with van der Waals surface area (Å²) in [5, 5.41) is 0.929. The van der Waals surface area contributed by atoms with Gasteiger partial charge in [-0.3, -0.25) is 4.79 Å². The second-order valence-electron chi connectivity index (χ2n) is 1.78. The van der Waals surface area contributed by atoms with Gasteiger partial charge >= 0.3 is 0 Å². The molecular formula is C7H4Cl2O. The van der Waals surface area contributed by atoms with Crippen molar-refractivity contribution in [3.05, 3.63) is 33.8 Å². The highest BCUT2D eigenvalue weighted by Crippen LogP contribution is 2.18. The van der Waals surface area contributed by atoms with Crippen molar-refractivity contribution in [3.8, 4) is 0 Å². The highest BCUT2D eigenvalue weighted by atomic mass is 35.5. The van der Waals surface area contributed by atoms with Gasteiger partial charge in [0.1, 0.15) is 0 Å². The van der Waals surface area contributed by atoms with Gasteiger partial charge in [0.05, 0.1) is 5.02 Å². The lowest BCUT2D eigenvalue weighted by atomic mass is 10.3. The molecule has 3 heteroatoms. The normalized spacial score (nSPS) is 9.40. The first-order valence-electron chi connectivity index (χ1n) is 2.64. The predicted octanol–water partition coefficient (Wildman–Crippen LogP) is 2.81. The van der Waals surface area contributed by atoms with Gasteiger partial charge in [-0.15, -0.1) is 0 Å². The maximum Gasteiger partial charge on any atom is 0.151 e. The van der Waals surface area contributed by atoms with Crippen molar-refractivity contribution in [3.63, 3.8) is 0 Å². The van der Waals surface area contributed by atoms with E-state index in [1.807, 2.05) is 0 Å². The Hall–Kier alpha value is -0.530. The maximum absolute atomic E-state index is 10.2. The number of hydrogen-bond acceptors (Lipinski definition) is 1. The fourth-order valence-electron chi connectivity index (χ4n) is 0.597. The number of hydrogen-bond donors (Lipinski definition) is 0. The van der Waals surface area contributed by atoms with E-state index in [1.165, 1.54) is 6.07 Å². The molecule has 1 aromatic rings. The number of carbonyl (C=O) groups is 1. The van der Waals surface area contributed by atoms with Crippen molar-refractivity contribution in [1.82, 2.24) is 0 Å². The Morgan fingerprint density at radius 2 is 2.00 bits per heavy atom. The zero-order valence-corrected chi connectivity index (χ0v) is 6.49. The van der Waals surface area contributed by atoms with Crippen LogP contribution >= 0.6 is 23.2 Å². The molecule has 0 heterocycles. The van der Waals surface area contributed by atoms with Crippen molar-refractivity contribution in [2.45, 2.75) is 0 Å². The van der Waals surface area contributed by atoms with Gasteiger partial charge in [-0.1, -0.05) is 23.2 Å². The van der Waals surface area contributed by atoms with E-state index in [2.05, 4.69) is 0 Å². The summed E-state index contributed by atoms with van der Waals surface area (Å²) < 4.78 is 0. The molecule has 0 saturated carbocycles. The standard InChI is InChI=1S/C7H4Cl2O/c8-6-2-1-5(4-10)7(9)3-6/h1-4H/i4+2. The number of halogens is 2. The third-order valence-corrected chi connectivity index (χ3v) is 1.65. The topological polar surface area (TPSA) is 17.1 Å². The van der Waals surface area contributed by atoms with Crippen molar-refractivity contribution in [2.24, 2.45) is 0 Å². The molecule has 52 valence electrons. The average molecular weight is 177 g/mol. The molecule has 1 rings (SSSR count). The van der Waals surface area contributed by atoms with Gasteiger partial charge in [0.2, 0.25) is 0 Å². The summed E-state index contributed by atoms with van der Waals surface area (Å²) in [7, 11) is 0. The van der Waals surface area contributed by atoms with E-state index in [0.717, 1.165) is 0 Å². The summed E-state index contributed by atoms with van der Waals surface area (Å²) in [5.41, 5.74) is 0.464. The van der Waals surface area contributed by atoms with Gasteiger partial charge in [0.15, 0.2) is 6.29 Å². The molecule has 0 aliphatic rings. The summed E-state index contributed by atoms with van der Waals surface area (Å²) in [5.74, 6) is 0. The highest BCUT2D eigenvalue weighted by molar-refractivity contribution is 6.36. The summed E-state index contributed by atoms with van der Waals surface area (Å²) in [6.07, 6.45) is 0.693. The van der Waals surface area contributed by atoms with Crippen LogP contribution in [0.2, 0.25) is 10.0 Å². The fourth-order valence-corrected chi connectivity index (χ4v) is 1.05. The summed E-state index contributed by atoms with van der Waals surface area (Å²) in [6, 6.07) is 4.74. The summed E-state index contributed by atoms with van der Waals surface area (Å²) in [6.45, 7) is 0. The first kappa shape index (κ1) is 7.58.